The molecule has 1 saturated heterocycles. The molecule has 0 spiro atoms. The number of aliphatic hydroxyl groups is 1. The molecule has 12 heavy (non-hydrogen) atoms. The minimum atomic E-state index is -0.0854. The van der Waals surface area contributed by atoms with E-state index >= 15 is 0 Å². The fourth-order valence-corrected chi connectivity index (χ4v) is 1.33. The van der Waals surface area contributed by atoms with Crippen LogP contribution in [0.5, 0.6) is 0 Å². The number of hydrogen-bond donors (Lipinski definition) is 2. The van der Waals surface area contributed by atoms with Gasteiger partial charge >= 0.3 is 0 Å². The first kappa shape index (κ1) is 15.0. The van der Waals surface area contributed by atoms with E-state index < -0.39 is 0 Å². The molecule has 76 valence electrons. The summed E-state index contributed by atoms with van der Waals surface area (Å²) in [7, 11) is 0. The highest BCUT2D eigenvalue weighted by atomic mass is 35.5. The molecule has 3 nitrogen and oxygen atoms in total. The van der Waals surface area contributed by atoms with Crippen LogP contribution in [-0.4, -0.2) is 42.3 Å². The number of hydrogen-bond acceptors (Lipinski definition) is 3. The molecule has 0 amide bonds. The minimum absolute atomic E-state index is 0. The van der Waals surface area contributed by atoms with Crippen LogP contribution in [0.2, 0.25) is 0 Å². The molecule has 0 aromatic rings. The van der Waals surface area contributed by atoms with E-state index in [1.54, 1.807) is 0 Å². The normalized spacial score (nSPS) is 23.0. The predicted octanol–water partition coefficient (Wildman–Crippen LogP) is 0.245. The average molecular weight is 217 g/mol. The second-order valence-corrected chi connectivity index (χ2v) is 2.89. The standard InChI is InChI=1S/C7H16N2O.2ClH/c8-3-1-4-9-5-2-7(10)6-9;;/h7,10H,1-6,8H2;2*1H/t7-;;/m1../s1. The van der Waals surface area contributed by atoms with Gasteiger partial charge in [-0.2, -0.15) is 0 Å². The molecule has 1 aliphatic rings. The van der Waals surface area contributed by atoms with Crippen molar-refractivity contribution in [3.05, 3.63) is 0 Å². The lowest BCUT2D eigenvalue weighted by atomic mass is 10.3. The van der Waals surface area contributed by atoms with Crippen LogP contribution < -0.4 is 5.73 Å². The zero-order valence-electron chi connectivity index (χ0n) is 7.11. The highest BCUT2D eigenvalue weighted by Crippen LogP contribution is 2.07. The van der Waals surface area contributed by atoms with Gasteiger partial charge in [0.1, 0.15) is 0 Å². The Balaban J connectivity index is 0. The largest absolute Gasteiger partial charge is 0.392 e. The maximum absolute atomic E-state index is 9.13. The summed E-state index contributed by atoms with van der Waals surface area (Å²) in [5.74, 6) is 0. The van der Waals surface area contributed by atoms with Crippen LogP contribution in [0.25, 0.3) is 0 Å². The van der Waals surface area contributed by atoms with Gasteiger partial charge in [-0.1, -0.05) is 0 Å². The molecule has 0 aromatic carbocycles. The monoisotopic (exact) mass is 216 g/mol. The molecule has 5 heteroatoms. The van der Waals surface area contributed by atoms with E-state index in [0.717, 1.165) is 39.0 Å². The molecule has 1 rings (SSSR count). The Bertz CT molecular complexity index is 105. The predicted molar refractivity (Wildman–Crippen MR) is 55.2 cm³/mol. The molecule has 0 saturated carbocycles. The minimum Gasteiger partial charge on any atom is -0.392 e. The maximum Gasteiger partial charge on any atom is 0.0679 e. The number of aliphatic hydroxyl groups excluding tert-OH is 1. The van der Waals surface area contributed by atoms with Crippen molar-refractivity contribution in [2.45, 2.75) is 18.9 Å². The van der Waals surface area contributed by atoms with Gasteiger partial charge in [-0.3, -0.25) is 0 Å². The van der Waals surface area contributed by atoms with E-state index in [4.69, 9.17) is 10.8 Å². The molecule has 3 N–H and O–H groups in total. The van der Waals surface area contributed by atoms with Crippen molar-refractivity contribution in [2.75, 3.05) is 26.2 Å². The van der Waals surface area contributed by atoms with Crippen LogP contribution in [0, 0.1) is 0 Å². The molecule has 1 fully saturated rings. The highest BCUT2D eigenvalue weighted by molar-refractivity contribution is 5.85. The van der Waals surface area contributed by atoms with Crippen molar-refractivity contribution in [3.63, 3.8) is 0 Å². The Labute approximate surface area is 86.1 Å². The van der Waals surface area contributed by atoms with Gasteiger partial charge in [-0.15, -0.1) is 24.8 Å². The number of rotatable bonds is 3. The summed E-state index contributed by atoms with van der Waals surface area (Å²) in [5, 5.41) is 9.13. The third-order valence-electron chi connectivity index (χ3n) is 1.93. The molecule has 0 unspecified atom stereocenters. The molecule has 0 aromatic heterocycles. The summed E-state index contributed by atoms with van der Waals surface area (Å²) in [4.78, 5) is 2.26. The van der Waals surface area contributed by atoms with Crippen LogP contribution in [0.1, 0.15) is 12.8 Å². The van der Waals surface area contributed by atoms with Crippen LogP contribution in [0.3, 0.4) is 0 Å². The fraction of sp³-hybridized carbons (Fsp3) is 1.00. The molecule has 0 bridgehead atoms. The second-order valence-electron chi connectivity index (χ2n) is 2.89. The van der Waals surface area contributed by atoms with Gasteiger partial charge in [0.25, 0.3) is 0 Å². The first-order valence-electron chi connectivity index (χ1n) is 3.93. The third kappa shape index (κ3) is 5.17. The first-order chi connectivity index (χ1) is 4.83. The Kier molecular flexibility index (Phi) is 10.1. The van der Waals surface area contributed by atoms with E-state index in [1.165, 1.54) is 0 Å². The summed E-state index contributed by atoms with van der Waals surface area (Å²) in [5.41, 5.74) is 5.35. The van der Waals surface area contributed by atoms with Crippen molar-refractivity contribution in [1.29, 1.82) is 0 Å². The lowest BCUT2D eigenvalue weighted by molar-refractivity contribution is 0.176. The zero-order valence-corrected chi connectivity index (χ0v) is 8.74. The quantitative estimate of drug-likeness (QED) is 0.712. The summed E-state index contributed by atoms with van der Waals surface area (Å²) in [6, 6.07) is 0. The maximum atomic E-state index is 9.13. The van der Waals surface area contributed by atoms with E-state index in [9.17, 15) is 0 Å². The van der Waals surface area contributed by atoms with Gasteiger partial charge in [0.05, 0.1) is 6.10 Å². The van der Waals surface area contributed by atoms with E-state index in [0.29, 0.717) is 0 Å². The Morgan fingerprint density at radius 3 is 2.50 bits per heavy atom. The van der Waals surface area contributed by atoms with Crippen molar-refractivity contribution < 1.29 is 5.11 Å². The van der Waals surface area contributed by atoms with Crippen LogP contribution >= 0.6 is 24.8 Å². The van der Waals surface area contributed by atoms with Crippen molar-refractivity contribution >= 4 is 24.8 Å². The van der Waals surface area contributed by atoms with Crippen LogP contribution in [0.4, 0.5) is 0 Å². The third-order valence-corrected chi connectivity index (χ3v) is 1.93. The van der Waals surface area contributed by atoms with Gasteiger partial charge in [-0.05, 0) is 25.9 Å². The molecule has 1 aliphatic heterocycles. The highest BCUT2D eigenvalue weighted by Gasteiger charge is 2.18. The number of likely N-dealkylation sites (tertiary alicyclic amines) is 1. The smallest absolute Gasteiger partial charge is 0.0679 e. The molecule has 1 heterocycles. The van der Waals surface area contributed by atoms with Crippen molar-refractivity contribution in [2.24, 2.45) is 5.73 Å². The van der Waals surface area contributed by atoms with Crippen molar-refractivity contribution in [3.8, 4) is 0 Å². The topological polar surface area (TPSA) is 49.5 Å². The Hall–Kier alpha value is 0.460. The number of β-amino-alcohol motifs (C(OH)–C–C–N with tert-alkyl or cyclic N) is 1. The zero-order chi connectivity index (χ0) is 7.40. The van der Waals surface area contributed by atoms with E-state index in [2.05, 4.69) is 4.90 Å². The van der Waals surface area contributed by atoms with E-state index in [1.807, 2.05) is 0 Å². The Morgan fingerprint density at radius 2 is 2.08 bits per heavy atom. The summed E-state index contributed by atoms with van der Waals surface area (Å²) >= 11 is 0. The van der Waals surface area contributed by atoms with E-state index in [-0.39, 0.29) is 30.9 Å². The lowest BCUT2D eigenvalue weighted by Gasteiger charge is -2.12. The summed E-state index contributed by atoms with van der Waals surface area (Å²) in [6.07, 6.45) is 1.90. The van der Waals surface area contributed by atoms with Gasteiger partial charge in [0, 0.05) is 13.1 Å². The lowest BCUT2D eigenvalue weighted by Crippen LogP contribution is -2.24. The van der Waals surface area contributed by atoms with Gasteiger partial charge in [0.2, 0.25) is 0 Å². The summed E-state index contributed by atoms with van der Waals surface area (Å²) < 4.78 is 0. The van der Waals surface area contributed by atoms with Gasteiger partial charge in [-0.25, -0.2) is 0 Å². The number of nitrogens with two attached hydrogens (primary N) is 1. The Morgan fingerprint density at radius 1 is 1.42 bits per heavy atom. The van der Waals surface area contributed by atoms with Gasteiger partial charge in [0.15, 0.2) is 0 Å². The molecular weight excluding hydrogens is 199 g/mol. The average Bonchev–Trinajstić information content (AvgIpc) is 2.31. The molecular formula is C7H18Cl2N2O. The fourth-order valence-electron chi connectivity index (χ4n) is 1.33. The van der Waals surface area contributed by atoms with Crippen LogP contribution in [-0.2, 0) is 0 Å². The SMILES string of the molecule is Cl.Cl.NCCCN1CC[C@@H](O)C1. The number of halogens is 2. The van der Waals surface area contributed by atoms with Crippen LogP contribution in [0.15, 0.2) is 0 Å². The molecule has 1 atom stereocenters. The first-order valence-corrected chi connectivity index (χ1v) is 3.93. The second kappa shape index (κ2) is 8.08. The molecule has 0 aliphatic carbocycles. The number of nitrogens with zero attached hydrogens (tertiary/aromatic N) is 1. The van der Waals surface area contributed by atoms with Gasteiger partial charge < -0.3 is 15.7 Å². The van der Waals surface area contributed by atoms with Crippen molar-refractivity contribution in [1.82, 2.24) is 4.90 Å². The summed E-state index contributed by atoms with van der Waals surface area (Å²) in [6.45, 7) is 3.70. The molecule has 0 radical (unpaired) electrons.